The Balaban J connectivity index is 1.88. The molecular weight excluding hydrogens is 348 g/mol. The zero-order valence-electron chi connectivity index (χ0n) is 15.7. The van der Waals surface area contributed by atoms with E-state index in [-0.39, 0.29) is 23.5 Å². The van der Waals surface area contributed by atoms with Gasteiger partial charge in [-0.2, -0.15) is 0 Å². The molecule has 0 saturated carbocycles. The number of rotatable bonds is 4. The van der Waals surface area contributed by atoms with Gasteiger partial charge in [0.25, 0.3) is 5.91 Å². The predicted molar refractivity (Wildman–Crippen MR) is 104 cm³/mol. The second-order valence-corrected chi connectivity index (χ2v) is 9.67. The molecule has 1 saturated heterocycles. The Kier molecular flexibility index (Phi) is 4.97. The van der Waals surface area contributed by atoms with Crippen molar-refractivity contribution in [2.75, 3.05) is 11.5 Å². The minimum absolute atomic E-state index is 0.0356. The summed E-state index contributed by atoms with van der Waals surface area (Å²) in [6, 6.07) is 9.91. The lowest BCUT2D eigenvalue weighted by molar-refractivity contribution is 0.0940. The van der Waals surface area contributed by atoms with Crippen LogP contribution in [0.5, 0.6) is 0 Å². The third-order valence-corrected chi connectivity index (χ3v) is 6.81. The van der Waals surface area contributed by atoms with Crippen LogP contribution in [0.4, 0.5) is 0 Å². The van der Waals surface area contributed by atoms with E-state index in [4.69, 9.17) is 0 Å². The highest BCUT2D eigenvalue weighted by molar-refractivity contribution is 7.91. The second kappa shape index (κ2) is 6.91. The first-order valence-corrected chi connectivity index (χ1v) is 10.8. The van der Waals surface area contributed by atoms with E-state index < -0.39 is 9.84 Å². The van der Waals surface area contributed by atoms with Gasteiger partial charge in [-0.3, -0.25) is 4.79 Å². The van der Waals surface area contributed by atoms with Crippen molar-refractivity contribution >= 4 is 15.7 Å². The largest absolute Gasteiger partial charge is 0.348 e. The van der Waals surface area contributed by atoms with Crippen molar-refractivity contribution < 1.29 is 13.2 Å². The predicted octanol–water partition coefficient (Wildman–Crippen LogP) is 3.13. The highest BCUT2D eigenvalue weighted by Crippen LogP contribution is 2.24. The summed E-state index contributed by atoms with van der Waals surface area (Å²) < 4.78 is 25.3. The van der Waals surface area contributed by atoms with Gasteiger partial charge in [-0.05, 0) is 49.9 Å². The SMILES string of the molecule is Cc1cc(C(=O)NC2CCS(=O)(=O)C2)c(C)n1-c1cccc(C(C)C)c1. The Labute approximate surface area is 155 Å². The second-order valence-electron chi connectivity index (χ2n) is 7.44. The van der Waals surface area contributed by atoms with Crippen LogP contribution in [0.3, 0.4) is 0 Å². The van der Waals surface area contributed by atoms with Crippen LogP contribution in [-0.4, -0.2) is 36.4 Å². The molecule has 1 fully saturated rings. The third-order valence-electron chi connectivity index (χ3n) is 5.04. The molecule has 0 aliphatic carbocycles. The normalized spacial score (nSPS) is 19.0. The smallest absolute Gasteiger partial charge is 0.253 e. The topological polar surface area (TPSA) is 68.2 Å². The van der Waals surface area contributed by atoms with Crippen LogP contribution >= 0.6 is 0 Å². The molecule has 0 bridgehead atoms. The molecule has 1 aromatic heterocycles. The summed E-state index contributed by atoms with van der Waals surface area (Å²) in [7, 11) is -3.01. The highest BCUT2D eigenvalue weighted by Gasteiger charge is 2.30. The lowest BCUT2D eigenvalue weighted by Crippen LogP contribution is -2.35. The molecule has 1 unspecified atom stereocenters. The summed E-state index contributed by atoms with van der Waals surface area (Å²) in [5.74, 6) is 0.414. The molecule has 6 heteroatoms. The van der Waals surface area contributed by atoms with Crippen molar-refractivity contribution in [3.8, 4) is 5.69 Å². The summed E-state index contributed by atoms with van der Waals surface area (Å²) in [5, 5.41) is 2.88. The van der Waals surface area contributed by atoms with Crippen molar-refractivity contribution in [1.29, 1.82) is 0 Å². The molecule has 1 aliphatic rings. The zero-order chi connectivity index (χ0) is 19.1. The number of carbonyl (C=O) groups excluding carboxylic acids is 1. The van der Waals surface area contributed by atoms with Gasteiger partial charge in [0.15, 0.2) is 9.84 Å². The number of carbonyl (C=O) groups is 1. The molecule has 140 valence electrons. The highest BCUT2D eigenvalue weighted by atomic mass is 32.2. The first kappa shape index (κ1) is 18.7. The van der Waals surface area contributed by atoms with Gasteiger partial charge in [-0.15, -0.1) is 0 Å². The molecule has 5 nitrogen and oxygen atoms in total. The maximum absolute atomic E-state index is 12.7. The molecule has 0 spiro atoms. The molecule has 1 aliphatic heterocycles. The van der Waals surface area contributed by atoms with Crippen LogP contribution in [0, 0.1) is 13.8 Å². The van der Waals surface area contributed by atoms with E-state index in [2.05, 4.69) is 35.9 Å². The van der Waals surface area contributed by atoms with E-state index >= 15 is 0 Å². The van der Waals surface area contributed by atoms with E-state index in [1.165, 1.54) is 5.56 Å². The van der Waals surface area contributed by atoms with Gasteiger partial charge >= 0.3 is 0 Å². The number of amides is 1. The molecule has 2 aromatic rings. The van der Waals surface area contributed by atoms with Gasteiger partial charge in [-0.1, -0.05) is 26.0 Å². The Hall–Kier alpha value is -2.08. The van der Waals surface area contributed by atoms with Crippen molar-refractivity contribution in [3.63, 3.8) is 0 Å². The van der Waals surface area contributed by atoms with E-state index in [1.807, 2.05) is 32.0 Å². The Morgan fingerprint density at radius 3 is 2.58 bits per heavy atom. The lowest BCUT2D eigenvalue weighted by Gasteiger charge is -2.14. The summed E-state index contributed by atoms with van der Waals surface area (Å²) in [6.45, 7) is 8.22. The Morgan fingerprint density at radius 1 is 1.23 bits per heavy atom. The van der Waals surface area contributed by atoms with Crippen LogP contribution in [0.25, 0.3) is 5.69 Å². The van der Waals surface area contributed by atoms with E-state index in [1.54, 1.807) is 0 Å². The van der Waals surface area contributed by atoms with Crippen LogP contribution < -0.4 is 5.32 Å². The standard InChI is InChI=1S/C20H26N2O3S/c1-13(2)16-6-5-7-18(11-16)22-14(3)10-19(15(22)4)20(23)21-17-8-9-26(24,25)12-17/h5-7,10-11,13,17H,8-9,12H2,1-4H3,(H,21,23). The van der Waals surface area contributed by atoms with Crippen molar-refractivity contribution in [3.05, 3.63) is 52.8 Å². The first-order chi connectivity index (χ1) is 12.2. The summed E-state index contributed by atoms with van der Waals surface area (Å²) in [5.41, 5.74) is 4.72. The Morgan fingerprint density at radius 2 is 1.96 bits per heavy atom. The molecule has 3 rings (SSSR count). The minimum Gasteiger partial charge on any atom is -0.348 e. The number of nitrogens with one attached hydrogen (secondary N) is 1. The number of hydrogen-bond acceptors (Lipinski definition) is 3. The summed E-state index contributed by atoms with van der Waals surface area (Å²) in [4.78, 5) is 12.7. The van der Waals surface area contributed by atoms with Crippen LogP contribution in [0.15, 0.2) is 30.3 Å². The van der Waals surface area contributed by atoms with Crippen molar-refractivity contribution in [1.82, 2.24) is 9.88 Å². The molecule has 0 radical (unpaired) electrons. The fraction of sp³-hybridized carbons (Fsp3) is 0.450. The van der Waals surface area contributed by atoms with Gasteiger partial charge in [0.05, 0.1) is 17.1 Å². The molecule has 26 heavy (non-hydrogen) atoms. The van der Waals surface area contributed by atoms with Crippen LogP contribution in [-0.2, 0) is 9.84 Å². The quantitative estimate of drug-likeness (QED) is 0.894. The van der Waals surface area contributed by atoms with Crippen LogP contribution in [0.1, 0.15) is 53.5 Å². The molecular formula is C20H26N2O3S. The number of aromatic nitrogens is 1. The van der Waals surface area contributed by atoms with Crippen molar-refractivity contribution in [2.24, 2.45) is 0 Å². The number of aryl methyl sites for hydroxylation is 1. The first-order valence-electron chi connectivity index (χ1n) is 8.98. The van der Waals surface area contributed by atoms with Gasteiger partial charge in [0.2, 0.25) is 0 Å². The number of nitrogens with zero attached hydrogens (tertiary/aromatic N) is 1. The monoisotopic (exact) mass is 374 g/mol. The zero-order valence-corrected chi connectivity index (χ0v) is 16.6. The van der Waals surface area contributed by atoms with Gasteiger partial charge < -0.3 is 9.88 Å². The van der Waals surface area contributed by atoms with E-state index in [9.17, 15) is 13.2 Å². The lowest BCUT2D eigenvalue weighted by atomic mass is 10.0. The molecule has 1 atom stereocenters. The fourth-order valence-corrected chi connectivity index (χ4v) is 5.26. The van der Waals surface area contributed by atoms with Gasteiger partial charge in [-0.25, -0.2) is 8.42 Å². The minimum atomic E-state index is -3.01. The summed E-state index contributed by atoms with van der Waals surface area (Å²) >= 11 is 0. The average Bonchev–Trinajstić information content (AvgIpc) is 3.06. The maximum Gasteiger partial charge on any atom is 0.253 e. The number of benzene rings is 1. The fourth-order valence-electron chi connectivity index (χ4n) is 3.58. The molecule has 1 aromatic carbocycles. The molecule has 2 heterocycles. The van der Waals surface area contributed by atoms with Gasteiger partial charge in [0.1, 0.15) is 0 Å². The number of sulfone groups is 1. The van der Waals surface area contributed by atoms with Crippen molar-refractivity contribution in [2.45, 2.75) is 46.1 Å². The van der Waals surface area contributed by atoms with Crippen LogP contribution in [0.2, 0.25) is 0 Å². The van der Waals surface area contributed by atoms with E-state index in [0.717, 1.165) is 17.1 Å². The molecule has 1 N–H and O–H groups in total. The third kappa shape index (κ3) is 3.70. The van der Waals surface area contributed by atoms with E-state index in [0.29, 0.717) is 17.9 Å². The maximum atomic E-state index is 12.7. The van der Waals surface area contributed by atoms with Gasteiger partial charge in [0, 0.05) is 23.1 Å². The Bertz CT molecular complexity index is 942. The molecule has 1 amide bonds. The average molecular weight is 375 g/mol. The number of hydrogen-bond donors (Lipinski definition) is 1. The summed E-state index contributed by atoms with van der Waals surface area (Å²) in [6.07, 6.45) is 0.489.